The Labute approximate surface area is 221 Å². The predicted octanol–water partition coefficient (Wildman–Crippen LogP) is 6.41. The zero-order chi connectivity index (χ0) is 25.4. The van der Waals surface area contributed by atoms with Crippen molar-refractivity contribution in [1.29, 1.82) is 0 Å². The summed E-state index contributed by atoms with van der Waals surface area (Å²) >= 11 is 6.15. The van der Waals surface area contributed by atoms with Crippen LogP contribution < -0.4 is 10.2 Å². The summed E-state index contributed by atoms with van der Waals surface area (Å²) in [7, 11) is 0. The molecule has 1 fully saturated rings. The Morgan fingerprint density at radius 1 is 0.811 bits per heavy atom. The molecule has 6 heteroatoms. The van der Waals surface area contributed by atoms with Gasteiger partial charge in [0.1, 0.15) is 0 Å². The zero-order valence-corrected chi connectivity index (χ0v) is 21.2. The average molecular weight is 510 g/mol. The molecule has 4 aromatic rings. The molecular formula is C31H28ClN3O2. The molecule has 0 saturated carbocycles. The van der Waals surface area contributed by atoms with Crippen molar-refractivity contribution < 1.29 is 9.59 Å². The lowest BCUT2D eigenvalue weighted by molar-refractivity contribution is 0.0893. The Morgan fingerprint density at radius 2 is 1.54 bits per heavy atom. The molecule has 0 radical (unpaired) electrons. The minimum atomic E-state index is -0.325. The Kier molecular flexibility index (Phi) is 6.41. The molecule has 0 bridgehead atoms. The van der Waals surface area contributed by atoms with Crippen LogP contribution in [0.5, 0.6) is 0 Å². The molecule has 2 heterocycles. The van der Waals surface area contributed by atoms with Gasteiger partial charge in [0.15, 0.2) is 0 Å². The van der Waals surface area contributed by atoms with Gasteiger partial charge in [-0.05, 0) is 61.2 Å². The van der Waals surface area contributed by atoms with Crippen molar-refractivity contribution in [3.63, 3.8) is 0 Å². The Hall–Kier alpha value is -3.67. The van der Waals surface area contributed by atoms with Crippen LogP contribution in [0.3, 0.4) is 0 Å². The maximum absolute atomic E-state index is 13.5. The third kappa shape index (κ3) is 4.61. The van der Waals surface area contributed by atoms with Crippen molar-refractivity contribution in [3.8, 4) is 0 Å². The van der Waals surface area contributed by atoms with E-state index in [1.165, 1.54) is 10.5 Å². The molecule has 6 rings (SSSR count). The molecule has 0 aromatic heterocycles. The van der Waals surface area contributed by atoms with Gasteiger partial charge in [0.2, 0.25) is 0 Å². The van der Waals surface area contributed by atoms with E-state index in [1.807, 2.05) is 24.3 Å². The third-order valence-corrected chi connectivity index (χ3v) is 7.72. The quantitative estimate of drug-likeness (QED) is 0.305. The number of nitrogens with zero attached hydrogens (tertiary/aromatic N) is 2. The number of hydrogen-bond acceptors (Lipinski definition) is 4. The van der Waals surface area contributed by atoms with Crippen molar-refractivity contribution in [2.24, 2.45) is 0 Å². The molecule has 37 heavy (non-hydrogen) atoms. The van der Waals surface area contributed by atoms with Gasteiger partial charge < -0.3 is 10.2 Å². The molecule has 186 valence electrons. The van der Waals surface area contributed by atoms with Gasteiger partial charge in [-0.1, -0.05) is 60.1 Å². The fraction of sp³-hybridized carbons (Fsp3) is 0.226. The topological polar surface area (TPSA) is 52.7 Å². The number of benzene rings is 4. The molecule has 2 aliphatic heterocycles. The van der Waals surface area contributed by atoms with Crippen LogP contribution in [0.15, 0.2) is 84.9 Å². The number of halogens is 1. The van der Waals surface area contributed by atoms with Gasteiger partial charge in [-0.2, -0.15) is 0 Å². The molecule has 2 aliphatic rings. The number of carbonyl (C=O) groups is 2. The van der Waals surface area contributed by atoms with Crippen LogP contribution >= 0.6 is 11.6 Å². The molecular weight excluding hydrogens is 482 g/mol. The summed E-state index contributed by atoms with van der Waals surface area (Å²) in [6.45, 7) is 3.18. The lowest BCUT2D eigenvalue weighted by atomic mass is 9.92. The van der Waals surface area contributed by atoms with E-state index in [4.69, 9.17) is 11.6 Å². The van der Waals surface area contributed by atoms with Crippen LogP contribution in [0.4, 0.5) is 11.4 Å². The van der Waals surface area contributed by atoms with Crippen molar-refractivity contribution in [2.45, 2.75) is 25.3 Å². The van der Waals surface area contributed by atoms with Crippen molar-refractivity contribution in [1.82, 2.24) is 4.90 Å². The van der Waals surface area contributed by atoms with Gasteiger partial charge >= 0.3 is 0 Å². The number of carbonyl (C=O) groups excluding carboxylic acids is 2. The summed E-state index contributed by atoms with van der Waals surface area (Å²) in [4.78, 5) is 30.7. The van der Waals surface area contributed by atoms with Crippen molar-refractivity contribution >= 4 is 45.6 Å². The SMILES string of the molecule is O=C1c2cccc3c(NC4CCN(CCc5ccccc5)CC4)ccc(c23)C(=O)N1c1cccc(Cl)c1. The molecule has 0 spiro atoms. The number of anilines is 2. The predicted molar refractivity (Wildman–Crippen MR) is 150 cm³/mol. The molecule has 0 unspecified atom stereocenters. The normalized spacial score (nSPS) is 16.4. The van der Waals surface area contributed by atoms with Crippen LogP contribution in [0.2, 0.25) is 5.02 Å². The Morgan fingerprint density at radius 3 is 2.30 bits per heavy atom. The van der Waals surface area contributed by atoms with Gasteiger partial charge in [0.05, 0.1) is 5.69 Å². The van der Waals surface area contributed by atoms with Crippen LogP contribution in [-0.4, -0.2) is 42.4 Å². The van der Waals surface area contributed by atoms with Crippen LogP contribution in [0.1, 0.15) is 39.1 Å². The minimum absolute atomic E-state index is 0.325. The molecule has 1 saturated heterocycles. The van der Waals surface area contributed by atoms with E-state index in [-0.39, 0.29) is 11.8 Å². The number of piperidine rings is 1. The number of likely N-dealkylation sites (tertiary alicyclic amines) is 1. The second-order valence-corrected chi connectivity index (χ2v) is 10.2. The minimum Gasteiger partial charge on any atom is -0.382 e. The second-order valence-electron chi connectivity index (χ2n) is 9.81. The smallest absolute Gasteiger partial charge is 0.265 e. The highest BCUT2D eigenvalue weighted by atomic mass is 35.5. The third-order valence-electron chi connectivity index (χ3n) is 7.48. The number of imide groups is 1. The number of amides is 2. The van der Waals surface area contributed by atoms with Crippen LogP contribution in [-0.2, 0) is 6.42 Å². The highest BCUT2D eigenvalue weighted by molar-refractivity contribution is 6.37. The maximum Gasteiger partial charge on any atom is 0.265 e. The number of rotatable bonds is 6. The van der Waals surface area contributed by atoms with E-state index < -0.39 is 0 Å². The van der Waals surface area contributed by atoms with Gasteiger partial charge in [0.25, 0.3) is 11.8 Å². The van der Waals surface area contributed by atoms with E-state index in [0.717, 1.165) is 55.4 Å². The average Bonchev–Trinajstić information content (AvgIpc) is 2.92. The van der Waals surface area contributed by atoms with E-state index in [9.17, 15) is 9.59 Å². The Bertz CT molecular complexity index is 1460. The molecule has 1 N–H and O–H groups in total. The molecule has 2 amide bonds. The first-order chi connectivity index (χ1) is 18.1. The van der Waals surface area contributed by atoms with Crippen LogP contribution in [0, 0.1) is 0 Å². The van der Waals surface area contributed by atoms with Gasteiger partial charge in [-0.3, -0.25) is 9.59 Å². The molecule has 4 aromatic carbocycles. The first-order valence-electron chi connectivity index (χ1n) is 12.8. The van der Waals surface area contributed by atoms with E-state index >= 15 is 0 Å². The lowest BCUT2D eigenvalue weighted by Gasteiger charge is -2.33. The number of nitrogens with one attached hydrogen (secondary N) is 1. The highest BCUT2D eigenvalue weighted by Gasteiger charge is 2.34. The van der Waals surface area contributed by atoms with Crippen molar-refractivity contribution in [3.05, 3.63) is 107 Å². The monoisotopic (exact) mass is 509 g/mol. The van der Waals surface area contributed by atoms with E-state index in [1.54, 1.807) is 30.3 Å². The largest absolute Gasteiger partial charge is 0.382 e. The molecule has 5 nitrogen and oxygen atoms in total. The fourth-order valence-corrected chi connectivity index (χ4v) is 5.71. The van der Waals surface area contributed by atoms with Crippen LogP contribution in [0.25, 0.3) is 10.8 Å². The van der Waals surface area contributed by atoms with Gasteiger partial charge in [0, 0.05) is 58.3 Å². The first-order valence-corrected chi connectivity index (χ1v) is 13.2. The fourth-order valence-electron chi connectivity index (χ4n) is 5.52. The van der Waals surface area contributed by atoms with Gasteiger partial charge in [-0.15, -0.1) is 0 Å². The highest BCUT2D eigenvalue weighted by Crippen LogP contribution is 2.37. The second kappa shape index (κ2) is 10.0. The first kappa shape index (κ1) is 23.7. The summed E-state index contributed by atoms with van der Waals surface area (Å²) in [5.74, 6) is -0.650. The number of hydrogen-bond donors (Lipinski definition) is 1. The summed E-state index contributed by atoms with van der Waals surface area (Å²) in [6, 6.07) is 27.3. The Balaban J connectivity index is 1.20. The molecule has 0 aliphatic carbocycles. The standard InChI is InChI=1S/C31H28ClN3O2/c32-22-8-4-9-24(20-22)35-30(36)26-11-5-10-25-28(13-12-27(29(25)26)31(35)37)33-23-15-18-34(19-16-23)17-14-21-6-2-1-3-7-21/h1-13,20,23,33H,14-19H2. The molecule has 0 atom stereocenters. The van der Waals surface area contributed by atoms with Gasteiger partial charge in [-0.25, -0.2) is 4.90 Å². The maximum atomic E-state index is 13.5. The van der Waals surface area contributed by atoms with Crippen molar-refractivity contribution in [2.75, 3.05) is 29.9 Å². The summed E-state index contributed by atoms with van der Waals surface area (Å²) in [5, 5.41) is 5.83. The summed E-state index contributed by atoms with van der Waals surface area (Å²) in [5.41, 5.74) is 3.90. The zero-order valence-electron chi connectivity index (χ0n) is 20.5. The van der Waals surface area contributed by atoms with E-state index in [0.29, 0.717) is 27.9 Å². The summed E-state index contributed by atoms with van der Waals surface area (Å²) in [6.07, 6.45) is 3.18. The van der Waals surface area contributed by atoms with E-state index in [2.05, 4.69) is 40.5 Å². The summed E-state index contributed by atoms with van der Waals surface area (Å²) < 4.78 is 0. The lowest BCUT2D eigenvalue weighted by Crippen LogP contribution is -2.41.